The van der Waals surface area contributed by atoms with Crippen LogP contribution in [-0.4, -0.2) is 22.3 Å². The SMILES string of the molecule is O=C(CNCc1cccnc1)Cc1cc2cc[nH]c(=O)c2cc1Cl. The van der Waals surface area contributed by atoms with E-state index < -0.39 is 0 Å². The Morgan fingerprint density at radius 3 is 2.96 bits per heavy atom. The second-order valence-corrected chi connectivity index (χ2v) is 5.93. The summed E-state index contributed by atoms with van der Waals surface area (Å²) in [6, 6.07) is 9.01. The summed E-state index contributed by atoms with van der Waals surface area (Å²) < 4.78 is 0. The maximum Gasteiger partial charge on any atom is 0.255 e. The first-order valence-corrected chi connectivity index (χ1v) is 7.92. The number of carbonyl (C=O) groups excluding carboxylic acids is 1. The summed E-state index contributed by atoms with van der Waals surface area (Å²) in [5.41, 5.74) is 1.56. The number of pyridine rings is 2. The van der Waals surface area contributed by atoms with Crippen molar-refractivity contribution in [3.63, 3.8) is 0 Å². The first kappa shape index (κ1) is 16.4. The highest BCUT2D eigenvalue weighted by atomic mass is 35.5. The van der Waals surface area contributed by atoms with Crippen LogP contribution in [0, 0.1) is 0 Å². The van der Waals surface area contributed by atoms with Crippen LogP contribution in [0.3, 0.4) is 0 Å². The van der Waals surface area contributed by atoms with Crippen molar-refractivity contribution in [1.29, 1.82) is 0 Å². The number of H-pyrrole nitrogens is 1. The number of benzene rings is 1. The Bertz CT molecular complexity index is 922. The number of Topliss-reactive ketones (excluding diaryl/α,β-unsaturated/α-hetero) is 1. The van der Waals surface area contributed by atoms with E-state index in [2.05, 4.69) is 15.3 Å². The van der Waals surface area contributed by atoms with Gasteiger partial charge in [0.25, 0.3) is 5.56 Å². The highest BCUT2D eigenvalue weighted by molar-refractivity contribution is 6.32. The molecule has 0 spiro atoms. The summed E-state index contributed by atoms with van der Waals surface area (Å²) >= 11 is 6.22. The molecule has 2 heterocycles. The summed E-state index contributed by atoms with van der Waals surface area (Å²) in [4.78, 5) is 30.5. The minimum Gasteiger partial charge on any atom is -0.329 e. The third kappa shape index (κ3) is 3.88. The van der Waals surface area contributed by atoms with Gasteiger partial charge in [0, 0.05) is 42.0 Å². The molecule has 0 saturated heterocycles. The smallest absolute Gasteiger partial charge is 0.255 e. The number of nitrogens with zero attached hydrogens (tertiary/aromatic N) is 1. The van der Waals surface area contributed by atoms with Crippen LogP contribution in [0.15, 0.2) is 53.7 Å². The molecule has 0 bridgehead atoms. The van der Waals surface area contributed by atoms with Crippen LogP contribution in [0.25, 0.3) is 10.8 Å². The Morgan fingerprint density at radius 2 is 2.17 bits per heavy atom. The van der Waals surface area contributed by atoms with E-state index in [-0.39, 0.29) is 24.3 Å². The molecule has 0 atom stereocenters. The van der Waals surface area contributed by atoms with Crippen LogP contribution >= 0.6 is 11.6 Å². The minimum atomic E-state index is -0.189. The number of carbonyl (C=O) groups is 1. The molecule has 0 aliphatic carbocycles. The normalized spacial score (nSPS) is 10.9. The molecule has 0 fully saturated rings. The number of halogens is 1. The first-order chi connectivity index (χ1) is 11.6. The lowest BCUT2D eigenvalue weighted by Crippen LogP contribution is -2.24. The summed E-state index contributed by atoms with van der Waals surface area (Å²) in [5, 5.41) is 4.82. The molecule has 3 rings (SSSR count). The van der Waals surface area contributed by atoms with Gasteiger partial charge in [0.1, 0.15) is 0 Å². The monoisotopic (exact) mass is 341 g/mol. The lowest BCUT2D eigenvalue weighted by atomic mass is 10.0. The Kier molecular flexibility index (Phi) is 5.03. The fourth-order valence-electron chi connectivity index (χ4n) is 2.52. The van der Waals surface area contributed by atoms with Crippen LogP contribution in [0.2, 0.25) is 5.02 Å². The molecular weight excluding hydrogens is 326 g/mol. The maximum absolute atomic E-state index is 12.2. The van der Waals surface area contributed by atoms with E-state index in [1.165, 1.54) is 0 Å². The molecule has 24 heavy (non-hydrogen) atoms. The molecule has 6 heteroatoms. The largest absolute Gasteiger partial charge is 0.329 e. The van der Waals surface area contributed by atoms with Gasteiger partial charge in [-0.1, -0.05) is 17.7 Å². The van der Waals surface area contributed by atoms with E-state index in [0.717, 1.165) is 16.5 Å². The standard InChI is InChI=1S/C18H16ClN3O2/c19-17-8-16-13(3-5-22-18(16)24)6-14(17)7-15(23)11-21-10-12-2-1-4-20-9-12/h1-6,8-9,21H,7,10-11H2,(H,22,24). The third-order valence-corrected chi connectivity index (χ3v) is 4.05. The van der Waals surface area contributed by atoms with Gasteiger partial charge in [-0.2, -0.15) is 0 Å². The van der Waals surface area contributed by atoms with Crippen molar-refractivity contribution in [2.75, 3.05) is 6.54 Å². The molecule has 2 N–H and O–H groups in total. The van der Waals surface area contributed by atoms with Crippen LogP contribution in [0.4, 0.5) is 0 Å². The highest BCUT2D eigenvalue weighted by Crippen LogP contribution is 2.22. The summed E-state index contributed by atoms with van der Waals surface area (Å²) in [6.45, 7) is 0.832. The summed E-state index contributed by atoms with van der Waals surface area (Å²) in [5.74, 6) is 0.0324. The fourth-order valence-corrected chi connectivity index (χ4v) is 2.75. The quantitative estimate of drug-likeness (QED) is 0.722. The van der Waals surface area contributed by atoms with Crippen LogP contribution in [0.5, 0.6) is 0 Å². The van der Waals surface area contributed by atoms with E-state index in [1.807, 2.05) is 12.1 Å². The number of aromatic nitrogens is 2. The topological polar surface area (TPSA) is 74.8 Å². The molecule has 5 nitrogen and oxygen atoms in total. The molecular formula is C18H16ClN3O2. The number of nitrogens with one attached hydrogen (secondary N) is 2. The lowest BCUT2D eigenvalue weighted by Gasteiger charge is -2.07. The fraction of sp³-hybridized carbons (Fsp3) is 0.167. The van der Waals surface area contributed by atoms with Crippen LogP contribution < -0.4 is 10.9 Å². The molecule has 0 saturated carbocycles. The zero-order valence-corrected chi connectivity index (χ0v) is 13.6. The van der Waals surface area contributed by atoms with E-state index >= 15 is 0 Å². The Labute approximate surface area is 143 Å². The Morgan fingerprint density at radius 1 is 1.29 bits per heavy atom. The second kappa shape index (κ2) is 7.38. The van der Waals surface area contributed by atoms with Crippen LogP contribution in [0.1, 0.15) is 11.1 Å². The molecule has 2 aromatic heterocycles. The van der Waals surface area contributed by atoms with Crippen molar-refractivity contribution in [2.45, 2.75) is 13.0 Å². The Hall–Kier alpha value is -2.50. The Balaban J connectivity index is 1.65. The lowest BCUT2D eigenvalue weighted by molar-refractivity contribution is -0.117. The number of hydrogen-bond donors (Lipinski definition) is 2. The molecule has 0 aliphatic heterocycles. The maximum atomic E-state index is 12.2. The summed E-state index contributed by atoms with van der Waals surface area (Å²) in [7, 11) is 0. The number of rotatable bonds is 6. The van der Waals surface area contributed by atoms with Crippen LogP contribution in [-0.2, 0) is 17.8 Å². The van der Waals surface area contributed by atoms with Gasteiger partial charge < -0.3 is 10.3 Å². The number of fused-ring (bicyclic) bond motifs is 1. The highest BCUT2D eigenvalue weighted by Gasteiger charge is 2.10. The van der Waals surface area contributed by atoms with E-state index in [4.69, 9.17) is 11.6 Å². The number of ketones is 1. The van der Waals surface area contributed by atoms with E-state index in [0.29, 0.717) is 17.0 Å². The van der Waals surface area contributed by atoms with Crippen molar-refractivity contribution in [3.05, 3.63) is 75.4 Å². The van der Waals surface area contributed by atoms with Gasteiger partial charge in [-0.25, -0.2) is 0 Å². The van der Waals surface area contributed by atoms with E-state index in [9.17, 15) is 9.59 Å². The second-order valence-electron chi connectivity index (χ2n) is 5.52. The van der Waals surface area contributed by atoms with Gasteiger partial charge in [0.05, 0.1) is 6.54 Å². The molecule has 0 aliphatic rings. The zero-order valence-electron chi connectivity index (χ0n) is 12.9. The molecule has 1 aromatic carbocycles. The van der Waals surface area contributed by atoms with Crippen molar-refractivity contribution in [2.24, 2.45) is 0 Å². The summed E-state index contributed by atoms with van der Waals surface area (Å²) in [6.07, 6.45) is 5.28. The van der Waals surface area contributed by atoms with Crippen molar-refractivity contribution in [3.8, 4) is 0 Å². The van der Waals surface area contributed by atoms with Crippen molar-refractivity contribution < 1.29 is 4.79 Å². The predicted molar refractivity (Wildman–Crippen MR) is 94.2 cm³/mol. The van der Waals surface area contributed by atoms with E-state index in [1.54, 1.807) is 36.8 Å². The third-order valence-electron chi connectivity index (χ3n) is 3.70. The zero-order chi connectivity index (χ0) is 16.9. The molecule has 0 unspecified atom stereocenters. The average Bonchev–Trinajstić information content (AvgIpc) is 2.57. The molecule has 3 aromatic rings. The van der Waals surface area contributed by atoms with Crippen molar-refractivity contribution in [1.82, 2.24) is 15.3 Å². The van der Waals surface area contributed by atoms with Gasteiger partial charge in [0.2, 0.25) is 0 Å². The molecule has 0 amide bonds. The minimum absolute atomic E-state index is 0.0324. The number of hydrogen-bond acceptors (Lipinski definition) is 4. The van der Waals surface area contributed by atoms with Gasteiger partial charge in [-0.15, -0.1) is 0 Å². The average molecular weight is 342 g/mol. The molecule has 122 valence electrons. The van der Waals surface area contributed by atoms with Gasteiger partial charge in [-0.3, -0.25) is 14.6 Å². The van der Waals surface area contributed by atoms with Gasteiger partial charge >= 0.3 is 0 Å². The first-order valence-electron chi connectivity index (χ1n) is 7.54. The number of aromatic amines is 1. The van der Waals surface area contributed by atoms with Crippen molar-refractivity contribution >= 4 is 28.2 Å². The van der Waals surface area contributed by atoms with Gasteiger partial charge in [-0.05, 0) is 40.8 Å². The molecule has 0 radical (unpaired) electrons. The predicted octanol–water partition coefficient (Wildman–Crippen LogP) is 2.48. The van der Waals surface area contributed by atoms with Gasteiger partial charge in [0.15, 0.2) is 5.78 Å².